The minimum absolute atomic E-state index is 0.204. The molecule has 6 nitrogen and oxygen atoms in total. The van der Waals surface area contributed by atoms with Gasteiger partial charge in [-0.25, -0.2) is 9.37 Å². The van der Waals surface area contributed by atoms with Gasteiger partial charge in [-0.15, -0.1) is 0 Å². The lowest BCUT2D eigenvalue weighted by molar-refractivity contribution is 0.0946. The number of nitrogens with zero attached hydrogens (tertiary/aromatic N) is 1. The molecule has 0 atom stereocenters. The largest absolute Gasteiger partial charge is 0.497 e. The van der Waals surface area contributed by atoms with Gasteiger partial charge >= 0.3 is 0 Å². The summed E-state index contributed by atoms with van der Waals surface area (Å²) in [6.45, 7) is 0.204. The molecule has 0 bridgehead atoms. The fourth-order valence-electron chi connectivity index (χ4n) is 2.92. The summed E-state index contributed by atoms with van der Waals surface area (Å²) in [4.78, 5) is 19.8. The molecule has 0 aliphatic carbocycles. The van der Waals surface area contributed by atoms with Crippen LogP contribution < -0.4 is 14.8 Å². The van der Waals surface area contributed by atoms with Gasteiger partial charge in [0.25, 0.3) is 5.91 Å². The zero-order chi connectivity index (χ0) is 20.2. The van der Waals surface area contributed by atoms with Crippen LogP contribution in [-0.4, -0.2) is 23.0 Å². The van der Waals surface area contributed by atoms with Crippen molar-refractivity contribution >= 4 is 16.8 Å². The summed E-state index contributed by atoms with van der Waals surface area (Å²) in [6, 6.07) is 16.7. The number of carbonyl (C=O) groups is 1. The monoisotopic (exact) mass is 391 g/mol. The van der Waals surface area contributed by atoms with Gasteiger partial charge in [-0.1, -0.05) is 12.1 Å². The highest BCUT2D eigenvalue weighted by Crippen LogP contribution is 2.24. The molecule has 0 radical (unpaired) electrons. The van der Waals surface area contributed by atoms with Crippen LogP contribution in [0.3, 0.4) is 0 Å². The fourth-order valence-corrected chi connectivity index (χ4v) is 2.92. The number of methoxy groups -OCH3 is 1. The number of carbonyl (C=O) groups excluding carboxylic acids is 1. The Morgan fingerprint density at radius 3 is 2.83 bits per heavy atom. The van der Waals surface area contributed by atoms with Crippen molar-refractivity contribution in [1.82, 2.24) is 15.3 Å². The van der Waals surface area contributed by atoms with E-state index < -0.39 is 5.82 Å². The molecule has 7 heteroatoms. The molecule has 0 saturated carbocycles. The Morgan fingerprint density at radius 1 is 1.10 bits per heavy atom. The number of nitrogens with one attached hydrogen (secondary N) is 2. The highest BCUT2D eigenvalue weighted by atomic mass is 19.1. The highest BCUT2D eigenvalue weighted by molar-refractivity contribution is 5.98. The molecule has 4 aromatic rings. The highest BCUT2D eigenvalue weighted by Gasteiger charge is 2.12. The van der Waals surface area contributed by atoms with E-state index >= 15 is 0 Å². The number of H-pyrrole nitrogens is 1. The molecule has 2 heterocycles. The average Bonchev–Trinajstić information content (AvgIpc) is 3.16. The molecule has 0 aliphatic heterocycles. The number of fused-ring (bicyclic) bond motifs is 1. The van der Waals surface area contributed by atoms with Crippen molar-refractivity contribution in [1.29, 1.82) is 0 Å². The van der Waals surface area contributed by atoms with Gasteiger partial charge in [0.05, 0.1) is 7.11 Å². The van der Waals surface area contributed by atoms with Crippen molar-refractivity contribution in [2.45, 2.75) is 6.54 Å². The van der Waals surface area contributed by atoms with Crippen LogP contribution in [0.2, 0.25) is 0 Å². The van der Waals surface area contributed by atoms with E-state index in [1.165, 1.54) is 12.1 Å². The van der Waals surface area contributed by atoms with Crippen molar-refractivity contribution in [3.05, 3.63) is 83.9 Å². The Bertz CT molecular complexity index is 1170. The Labute approximate surface area is 166 Å². The second-order valence-electron chi connectivity index (χ2n) is 6.35. The zero-order valence-corrected chi connectivity index (χ0v) is 15.6. The molecule has 0 spiro atoms. The van der Waals surface area contributed by atoms with Crippen LogP contribution in [0.15, 0.2) is 66.9 Å². The van der Waals surface area contributed by atoms with Gasteiger partial charge < -0.3 is 19.8 Å². The van der Waals surface area contributed by atoms with Gasteiger partial charge in [0, 0.05) is 41.3 Å². The normalized spacial score (nSPS) is 10.7. The molecule has 0 aliphatic rings. The number of benzene rings is 2. The van der Waals surface area contributed by atoms with E-state index in [2.05, 4.69) is 15.3 Å². The number of aromatic nitrogens is 2. The van der Waals surface area contributed by atoms with Crippen LogP contribution in [-0.2, 0) is 6.54 Å². The summed E-state index contributed by atoms with van der Waals surface area (Å²) in [7, 11) is 1.59. The van der Waals surface area contributed by atoms with Gasteiger partial charge in [-0.2, -0.15) is 0 Å². The smallest absolute Gasteiger partial charge is 0.267 e. The minimum atomic E-state index is -0.399. The predicted molar refractivity (Wildman–Crippen MR) is 107 cm³/mol. The van der Waals surface area contributed by atoms with E-state index in [1.54, 1.807) is 43.6 Å². The van der Waals surface area contributed by atoms with Crippen LogP contribution in [0.5, 0.6) is 17.4 Å². The number of rotatable bonds is 6. The second-order valence-corrected chi connectivity index (χ2v) is 6.35. The third kappa shape index (κ3) is 4.19. The minimum Gasteiger partial charge on any atom is -0.497 e. The number of amides is 1. The number of halogens is 1. The van der Waals surface area contributed by atoms with E-state index in [4.69, 9.17) is 9.47 Å². The Kier molecular flexibility index (Phi) is 5.11. The van der Waals surface area contributed by atoms with Gasteiger partial charge in [0.15, 0.2) is 0 Å². The Hall–Kier alpha value is -3.87. The van der Waals surface area contributed by atoms with E-state index in [0.717, 1.165) is 10.9 Å². The van der Waals surface area contributed by atoms with Gasteiger partial charge in [0.2, 0.25) is 5.88 Å². The fraction of sp³-hybridized carbons (Fsp3) is 0.0909. The number of pyridine rings is 1. The molecule has 29 heavy (non-hydrogen) atoms. The lowest BCUT2D eigenvalue weighted by atomic mass is 10.2. The van der Waals surface area contributed by atoms with E-state index in [1.807, 2.05) is 18.2 Å². The van der Waals surface area contributed by atoms with Gasteiger partial charge in [0.1, 0.15) is 23.0 Å². The van der Waals surface area contributed by atoms with Gasteiger partial charge in [-0.05, 0) is 36.4 Å². The Balaban J connectivity index is 1.48. The summed E-state index contributed by atoms with van der Waals surface area (Å²) in [5.41, 5.74) is 1.92. The summed E-state index contributed by atoms with van der Waals surface area (Å²) in [5.74, 6) is 0.686. The first-order chi connectivity index (χ1) is 14.1. The lowest BCUT2D eigenvalue weighted by Crippen LogP contribution is -2.23. The predicted octanol–water partition coefficient (Wildman–Crippen LogP) is 4.43. The second kappa shape index (κ2) is 8.02. The molecule has 0 unspecified atom stereocenters. The first kappa shape index (κ1) is 18.5. The maximum Gasteiger partial charge on any atom is 0.267 e. The van der Waals surface area contributed by atoms with E-state index in [9.17, 15) is 9.18 Å². The zero-order valence-electron chi connectivity index (χ0n) is 15.6. The van der Waals surface area contributed by atoms with Crippen molar-refractivity contribution < 1.29 is 18.7 Å². The molecule has 4 rings (SSSR count). The first-order valence-corrected chi connectivity index (χ1v) is 8.94. The van der Waals surface area contributed by atoms with Crippen LogP contribution in [0, 0.1) is 5.82 Å². The standard InChI is InChI=1S/C22H18FN3O3/c1-28-17-8-7-14-10-20(26-19(14)12-17)21(27)25-13-15-4-3-9-24-22(15)29-18-6-2-5-16(23)11-18/h2-12,26H,13H2,1H3,(H,25,27). The molecule has 0 fully saturated rings. The SMILES string of the molecule is COc1ccc2cc(C(=O)NCc3cccnc3Oc3cccc(F)c3)[nH]c2c1. The summed E-state index contributed by atoms with van der Waals surface area (Å²) in [6.07, 6.45) is 1.57. The first-order valence-electron chi connectivity index (χ1n) is 8.94. The quantitative estimate of drug-likeness (QED) is 0.510. The molecule has 0 saturated heterocycles. The van der Waals surface area contributed by atoms with Crippen LogP contribution in [0.1, 0.15) is 16.1 Å². The molecule has 1 amide bonds. The van der Waals surface area contributed by atoms with Crippen molar-refractivity contribution in [2.24, 2.45) is 0 Å². The number of hydrogen-bond donors (Lipinski definition) is 2. The number of hydrogen-bond acceptors (Lipinski definition) is 4. The summed E-state index contributed by atoms with van der Waals surface area (Å²) >= 11 is 0. The third-order valence-corrected chi connectivity index (χ3v) is 4.37. The molecular formula is C22H18FN3O3. The third-order valence-electron chi connectivity index (χ3n) is 4.37. The van der Waals surface area contributed by atoms with Crippen LogP contribution in [0.25, 0.3) is 10.9 Å². The van der Waals surface area contributed by atoms with Crippen molar-refractivity contribution in [3.63, 3.8) is 0 Å². The van der Waals surface area contributed by atoms with Crippen LogP contribution in [0.4, 0.5) is 4.39 Å². The topological polar surface area (TPSA) is 76.2 Å². The Morgan fingerprint density at radius 2 is 2.00 bits per heavy atom. The van der Waals surface area contributed by atoms with Gasteiger partial charge in [-0.3, -0.25) is 4.79 Å². The number of aromatic amines is 1. The lowest BCUT2D eigenvalue weighted by Gasteiger charge is -2.10. The number of ether oxygens (including phenoxy) is 2. The van der Waals surface area contributed by atoms with E-state index in [-0.39, 0.29) is 12.5 Å². The van der Waals surface area contributed by atoms with Crippen molar-refractivity contribution in [2.75, 3.05) is 7.11 Å². The maximum absolute atomic E-state index is 13.4. The average molecular weight is 391 g/mol. The van der Waals surface area contributed by atoms with Crippen LogP contribution >= 0.6 is 0 Å². The summed E-state index contributed by atoms with van der Waals surface area (Å²) < 4.78 is 24.3. The summed E-state index contributed by atoms with van der Waals surface area (Å²) in [5, 5.41) is 3.76. The molecule has 2 N–H and O–H groups in total. The van der Waals surface area contributed by atoms with Crippen molar-refractivity contribution in [3.8, 4) is 17.4 Å². The molecule has 2 aromatic heterocycles. The molecule has 146 valence electrons. The molecule has 2 aromatic carbocycles. The maximum atomic E-state index is 13.4. The van der Waals surface area contributed by atoms with E-state index in [0.29, 0.717) is 28.6 Å². The molecular weight excluding hydrogens is 373 g/mol.